The topological polar surface area (TPSA) is 38.0 Å². The van der Waals surface area contributed by atoms with Gasteiger partial charge in [0.2, 0.25) is 0 Å². The molecular weight excluding hydrogens is 228 g/mol. The van der Waals surface area contributed by atoms with Crippen molar-refractivity contribution in [2.24, 2.45) is 11.7 Å². The highest BCUT2D eigenvalue weighted by atomic mass is 32.1. The molecule has 1 atom stereocenters. The van der Waals surface area contributed by atoms with E-state index in [-0.39, 0.29) is 0 Å². The third-order valence-electron chi connectivity index (χ3n) is 3.22. The van der Waals surface area contributed by atoms with Gasteiger partial charge >= 0.3 is 0 Å². The third kappa shape index (κ3) is 3.06. The first kappa shape index (κ1) is 12.6. The van der Waals surface area contributed by atoms with Crippen molar-refractivity contribution in [3.8, 4) is 0 Å². The third-order valence-corrected chi connectivity index (χ3v) is 4.23. The molecule has 0 amide bonds. The predicted molar refractivity (Wildman–Crippen MR) is 76.4 cm³/mol. The number of rotatable bonds is 6. The summed E-state index contributed by atoms with van der Waals surface area (Å²) in [4.78, 5) is 0. The molecule has 0 spiro atoms. The first-order chi connectivity index (χ1) is 8.35. The van der Waals surface area contributed by atoms with Crippen LogP contribution in [-0.2, 0) is 6.54 Å². The Balaban J connectivity index is 1.95. The van der Waals surface area contributed by atoms with Crippen molar-refractivity contribution >= 4 is 21.4 Å². The molecule has 1 heterocycles. The average Bonchev–Trinajstić information content (AvgIpc) is 2.78. The molecule has 0 saturated heterocycles. The molecule has 0 aliphatic rings. The molecule has 0 saturated carbocycles. The predicted octanol–water partition coefficient (Wildman–Crippen LogP) is 2.98. The molecule has 3 heteroatoms. The number of fused-ring (bicyclic) bond motifs is 1. The van der Waals surface area contributed by atoms with E-state index in [0.717, 1.165) is 26.1 Å². The van der Waals surface area contributed by atoms with Crippen molar-refractivity contribution in [3.63, 3.8) is 0 Å². The maximum atomic E-state index is 5.70. The van der Waals surface area contributed by atoms with Crippen molar-refractivity contribution in [3.05, 3.63) is 35.2 Å². The van der Waals surface area contributed by atoms with Gasteiger partial charge in [-0.15, -0.1) is 11.3 Å². The lowest BCUT2D eigenvalue weighted by Gasteiger charge is -2.12. The number of benzene rings is 1. The summed E-state index contributed by atoms with van der Waals surface area (Å²) in [5, 5.41) is 7.14. The fourth-order valence-electron chi connectivity index (χ4n) is 1.97. The van der Waals surface area contributed by atoms with Gasteiger partial charge < -0.3 is 11.1 Å². The molecule has 1 aromatic heterocycles. The molecule has 0 bridgehead atoms. The zero-order valence-electron chi connectivity index (χ0n) is 10.3. The summed E-state index contributed by atoms with van der Waals surface area (Å²) >= 11 is 1.82. The van der Waals surface area contributed by atoms with Crippen molar-refractivity contribution in [2.75, 3.05) is 13.1 Å². The average molecular weight is 248 g/mol. The van der Waals surface area contributed by atoms with Crippen LogP contribution in [0, 0.1) is 5.92 Å². The van der Waals surface area contributed by atoms with Crippen molar-refractivity contribution in [2.45, 2.75) is 19.9 Å². The second-order valence-electron chi connectivity index (χ2n) is 4.40. The van der Waals surface area contributed by atoms with Crippen LogP contribution in [0.15, 0.2) is 29.6 Å². The van der Waals surface area contributed by atoms with Crippen molar-refractivity contribution in [1.29, 1.82) is 0 Å². The van der Waals surface area contributed by atoms with E-state index in [2.05, 4.69) is 41.9 Å². The van der Waals surface area contributed by atoms with Gasteiger partial charge in [-0.2, -0.15) is 0 Å². The second kappa shape index (κ2) is 6.15. The minimum Gasteiger partial charge on any atom is -0.330 e. The van der Waals surface area contributed by atoms with Crippen LogP contribution < -0.4 is 11.1 Å². The standard InChI is InChI=1S/C14H20N2S/c1-2-11(7-15)8-16-9-12-10-17-14-6-4-3-5-13(12)14/h3-6,10-11,16H,2,7-9,15H2,1H3. The van der Waals surface area contributed by atoms with Crippen molar-refractivity contribution in [1.82, 2.24) is 5.32 Å². The Labute approximate surface area is 107 Å². The number of hydrogen-bond donors (Lipinski definition) is 2. The van der Waals surface area contributed by atoms with Gasteiger partial charge in [-0.05, 0) is 41.4 Å². The normalized spacial score (nSPS) is 13.1. The van der Waals surface area contributed by atoms with Gasteiger partial charge in [-0.3, -0.25) is 0 Å². The fourth-order valence-corrected chi connectivity index (χ4v) is 2.94. The van der Waals surface area contributed by atoms with Crippen LogP contribution in [0.4, 0.5) is 0 Å². The highest BCUT2D eigenvalue weighted by molar-refractivity contribution is 7.17. The van der Waals surface area contributed by atoms with Gasteiger partial charge in [0.05, 0.1) is 0 Å². The van der Waals surface area contributed by atoms with Crippen LogP contribution in [-0.4, -0.2) is 13.1 Å². The first-order valence-electron chi connectivity index (χ1n) is 6.21. The van der Waals surface area contributed by atoms with Gasteiger partial charge in [0.15, 0.2) is 0 Å². The molecule has 2 rings (SSSR count). The largest absolute Gasteiger partial charge is 0.330 e. The van der Waals surface area contributed by atoms with Crippen LogP contribution in [0.2, 0.25) is 0 Å². The Morgan fingerprint density at radius 1 is 1.35 bits per heavy atom. The SMILES string of the molecule is CCC(CN)CNCc1csc2ccccc12. The minimum atomic E-state index is 0.597. The molecular formula is C14H20N2S. The summed E-state index contributed by atoms with van der Waals surface area (Å²) < 4.78 is 1.37. The van der Waals surface area contributed by atoms with Gasteiger partial charge in [0.1, 0.15) is 0 Å². The zero-order valence-corrected chi connectivity index (χ0v) is 11.1. The summed E-state index contributed by atoms with van der Waals surface area (Å²) in [6.45, 7) is 4.92. The van der Waals surface area contributed by atoms with Gasteiger partial charge in [0, 0.05) is 11.2 Å². The number of nitrogens with two attached hydrogens (primary N) is 1. The van der Waals surface area contributed by atoms with Crippen LogP contribution in [0.5, 0.6) is 0 Å². The number of thiophene rings is 1. The van der Waals surface area contributed by atoms with E-state index in [4.69, 9.17) is 5.73 Å². The molecule has 3 N–H and O–H groups in total. The lowest BCUT2D eigenvalue weighted by Crippen LogP contribution is -2.27. The van der Waals surface area contributed by atoms with E-state index < -0.39 is 0 Å². The van der Waals surface area contributed by atoms with E-state index in [1.165, 1.54) is 15.6 Å². The van der Waals surface area contributed by atoms with Crippen molar-refractivity contribution < 1.29 is 0 Å². The van der Waals surface area contributed by atoms with E-state index >= 15 is 0 Å². The Morgan fingerprint density at radius 3 is 2.94 bits per heavy atom. The molecule has 2 aromatic rings. The lowest BCUT2D eigenvalue weighted by molar-refractivity contribution is 0.472. The minimum absolute atomic E-state index is 0.597. The van der Waals surface area contributed by atoms with Crippen LogP contribution in [0.1, 0.15) is 18.9 Å². The summed E-state index contributed by atoms with van der Waals surface area (Å²) in [5.41, 5.74) is 7.10. The highest BCUT2D eigenvalue weighted by Crippen LogP contribution is 2.25. The van der Waals surface area contributed by atoms with Gasteiger partial charge in [-0.1, -0.05) is 31.5 Å². The smallest absolute Gasteiger partial charge is 0.0346 e. The first-order valence-corrected chi connectivity index (χ1v) is 7.09. The Hall–Kier alpha value is -0.900. The zero-order chi connectivity index (χ0) is 12.1. The molecule has 2 nitrogen and oxygen atoms in total. The summed E-state index contributed by atoms with van der Waals surface area (Å²) in [6.07, 6.45) is 1.15. The molecule has 1 aromatic carbocycles. The van der Waals surface area contributed by atoms with Gasteiger partial charge in [-0.25, -0.2) is 0 Å². The van der Waals surface area contributed by atoms with Gasteiger partial charge in [0.25, 0.3) is 0 Å². The molecule has 1 unspecified atom stereocenters. The van der Waals surface area contributed by atoms with E-state index in [1.807, 2.05) is 11.3 Å². The van der Waals surface area contributed by atoms with Crippen LogP contribution in [0.25, 0.3) is 10.1 Å². The maximum Gasteiger partial charge on any atom is 0.0346 e. The fraction of sp³-hybridized carbons (Fsp3) is 0.429. The molecule has 17 heavy (non-hydrogen) atoms. The Kier molecular flexibility index (Phi) is 4.54. The van der Waals surface area contributed by atoms with E-state index in [1.54, 1.807) is 0 Å². The van der Waals surface area contributed by atoms with Crippen LogP contribution in [0.3, 0.4) is 0 Å². The molecule has 92 valence electrons. The Bertz CT molecular complexity index is 460. The summed E-state index contributed by atoms with van der Waals surface area (Å²) in [6, 6.07) is 8.58. The quantitative estimate of drug-likeness (QED) is 0.825. The highest BCUT2D eigenvalue weighted by Gasteiger charge is 2.05. The van der Waals surface area contributed by atoms with E-state index in [0.29, 0.717) is 5.92 Å². The maximum absolute atomic E-state index is 5.70. The molecule has 0 aliphatic carbocycles. The number of hydrogen-bond acceptors (Lipinski definition) is 3. The number of nitrogens with one attached hydrogen (secondary N) is 1. The molecule has 0 aliphatic heterocycles. The summed E-state index contributed by atoms with van der Waals surface area (Å²) in [5.74, 6) is 0.597. The van der Waals surface area contributed by atoms with E-state index in [9.17, 15) is 0 Å². The monoisotopic (exact) mass is 248 g/mol. The molecule has 0 radical (unpaired) electrons. The Morgan fingerprint density at radius 2 is 2.18 bits per heavy atom. The summed E-state index contributed by atoms with van der Waals surface area (Å²) in [7, 11) is 0. The second-order valence-corrected chi connectivity index (χ2v) is 5.31. The van der Waals surface area contributed by atoms with Crippen LogP contribution >= 0.6 is 11.3 Å². The lowest BCUT2D eigenvalue weighted by atomic mass is 10.1. The molecule has 0 fully saturated rings.